The molecule has 17 heavy (non-hydrogen) atoms. The molecule has 0 radical (unpaired) electrons. The van der Waals surface area contributed by atoms with Crippen LogP contribution < -0.4 is 10.1 Å². The minimum atomic E-state index is -0.461. The van der Waals surface area contributed by atoms with Crippen LogP contribution in [0.5, 0.6) is 5.75 Å². The number of para-hydroxylation sites is 1. The molecule has 0 saturated carbocycles. The maximum absolute atomic E-state index is 11.2. The molecule has 1 atom stereocenters. The molecule has 2 rings (SSSR count). The smallest absolute Gasteiger partial charge is 0.314 e. The van der Waals surface area contributed by atoms with Crippen molar-refractivity contribution in [2.24, 2.45) is 0 Å². The number of nitrogens with zero attached hydrogens (tertiary/aromatic N) is 1. The Morgan fingerprint density at radius 2 is 2.29 bits per heavy atom. The van der Waals surface area contributed by atoms with Gasteiger partial charge in [0.15, 0.2) is 5.75 Å². The molecule has 1 aromatic rings. The van der Waals surface area contributed by atoms with Crippen molar-refractivity contribution in [2.75, 3.05) is 13.7 Å². The summed E-state index contributed by atoms with van der Waals surface area (Å²) < 4.78 is 4.99. The highest BCUT2D eigenvalue weighted by Crippen LogP contribution is 2.37. The monoisotopic (exact) mass is 236 g/mol. The van der Waals surface area contributed by atoms with Crippen LogP contribution >= 0.6 is 0 Å². The van der Waals surface area contributed by atoms with E-state index < -0.39 is 4.92 Å². The maximum Gasteiger partial charge on any atom is 0.314 e. The summed E-state index contributed by atoms with van der Waals surface area (Å²) in [5.74, 6) is -0.00281. The standard InChI is InChI=1S/C11H12N2O4/c1-17-9-4-2-3-8(11(9)13(15)16)7-5-10(14)12-6-7/h2-4,7H,5-6H2,1H3,(H,12,14). The minimum absolute atomic E-state index is 0.0449. The molecule has 90 valence electrons. The lowest BCUT2D eigenvalue weighted by atomic mass is 9.96. The summed E-state index contributed by atoms with van der Waals surface area (Å²) in [6.07, 6.45) is 0.286. The van der Waals surface area contributed by atoms with E-state index in [1.165, 1.54) is 7.11 Å². The van der Waals surface area contributed by atoms with Gasteiger partial charge in [0.2, 0.25) is 5.91 Å². The van der Waals surface area contributed by atoms with E-state index in [1.54, 1.807) is 18.2 Å². The molecule has 6 nitrogen and oxygen atoms in total. The minimum Gasteiger partial charge on any atom is -0.490 e. The average Bonchev–Trinajstić information content (AvgIpc) is 2.74. The third-order valence-corrected chi connectivity index (χ3v) is 2.85. The Morgan fingerprint density at radius 1 is 1.53 bits per heavy atom. The van der Waals surface area contributed by atoms with E-state index in [-0.39, 0.29) is 29.7 Å². The summed E-state index contributed by atoms with van der Waals surface area (Å²) in [6.45, 7) is 0.437. The van der Waals surface area contributed by atoms with Gasteiger partial charge < -0.3 is 10.1 Å². The Labute approximate surface area is 97.7 Å². The SMILES string of the molecule is COc1cccc(C2CNC(=O)C2)c1[N+](=O)[O-]. The number of hydrogen-bond acceptors (Lipinski definition) is 4. The summed E-state index contributed by atoms with van der Waals surface area (Å²) in [5.41, 5.74) is 0.504. The summed E-state index contributed by atoms with van der Waals surface area (Å²) in [7, 11) is 1.39. The molecule has 1 aromatic carbocycles. The van der Waals surface area contributed by atoms with Crippen LogP contribution in [0.4, 0.5) is 5.69 Å². The zero-order chi connectivity index (χ0) is 12.4. The molecule has 0 aliphatic carbocycles. The van der Waals surface area contributed by atoms with Crippen molar-refractivity contribution in [1.29, 1.82) is 0 Å². The topological polar surface area (TPSA) is 81.5 Å². The second-order valence-electron chi connectivity index (χ2n) is 3.86. The van der Waals surface area contributed by atoms with Crippen LogP contribution in [0.15, 0.2) is 18.2 Å². The molecule has 0 aromatic heterocycles. The van der Waals surface area contributed by atoms with E-state index in [1.807, 2.05) is 0 Å². The molecule has 1 saturated heterocycles. The van der Waals surface area contributed by atoms with Gasteiger partial charge >= 0.3 is 5.69 Å². The van der Waals surface area contributed by atoms with Gasteiger partial charge in [0, 0.05) is 24.4 Å². The van der Waals surface area contributed by atoms with E-state index in [2.05, 4.69) is 5.32 Å². The first kappa shape index (κ1) is 11.4. The molecule has 1 fully saturated rings. The van der Waals surface area contributed by atoms with Gasteiger partial charge in [-0.2, -0.15) is 0 Å². The fourth-order valence-electron chi connectivity index (χ4n) is 2.05. The van der Waals surface area contributed by atoms with E-state index in [9.17, 15) is 14.9 Å². The maximum atomic E-state index is 11.2. The molecule has 1 aliphatic rings. The first-order valence-electron chi connectivity index (χ1n) is 5.21. The zero-order valence-electron chi connectivity index (χ0n) is 9.30. The molecular weight excluding hydrogens is 224 g/mol. The second kappa shape index (κ2) is 4.40. The van der Waals surface area contributed by atoms with Crippen molar-refractivity contribution >= 4 is 11.6 Å². The number of nitro benzene ring substituents is 1. The molecule has 0 bridgehead atoms. The van der Waals surface area contributed by atoms with Crippen LogP contribution in [-0.2, 0) is 4.79 Å². The molecule has 1 aliphatic heterocycles. The summed E-state index contributed by atoms with van der Waals surface area (Å²) in [4.78, 5) is 21.7. The van der Waals surface area contributed by atoms with Crippen molar-refractivity contribution in [3.05, 3.63) is 33.9 Å². The van der Waals surface area contributed by atoms with Crippen LogP contribution in [0, 0.1) is 10.1 Å². The van der Waals surface area contributed by atoms with Crippen molar-refractivity contribution in [2.45, 2.75) is 12.3 Å². The molecular formula is C11H12N2O4. The van der Waals surface area contributed by atoms with E-state index in [0.717, 1.165) is 0 Å². The Kier molecular flexibility index (Phi) is 2.95. The Hall–Kier alpha value is -2.11. The van der Waals surface area contributed by atoms with E-state index in [0.29, 0.717) is 12.1 Å². The van der Waals surface area contributed by atoms with Gasteiger partial charge in [-0.3, -0.25) is 14.9 Å². The third-order valence-electron chi connectivity index (χ3n) is 2.85. The fourth-order valence-corrected chi connectivity index (χ4v) is 2.05. The Morgan fingerprint density at radius 3 is 2.82 bits per heavy atom. The number of benzene rings is 1. The quantitative estimate of drug-likeness (QED) is 0.631. The van der Waals surface area contributed by atoms with Gasteiger partial charge in [0.05, 0.1) is 12.0 Å². The first-order valence-corrected chi connectivity index (χ1v) is 5.21. The molecule has 1 N–H and O–H groups in total. The molecule has 1 amide bonds. The zero-order valence-corrected chi connectivity index (χ0v) is 9.30. The van der Waals surface area contributed by atoms with Gasteiger partial charge in [0.25, 0.3) is 0 Å². The number of rotatable bonds is 3. The highest BCUT2D eigenvalue weighted by molar-refractivity contribution is 5.80. The largest absolute Gasteiger partial charge is 0.490 e. The number of ether oxygens (including phenoxy) is 1. The lowest BCUT2D eigenvalue weighted by Crippen LogP contribution is -2.13. The number of amides is 1. The van der Waals surface area contributed by atoms with E-state index in [4.69, 9.17) is 4.74 Å². The number of methoxy groups -OCH3 is 1. The van der Waals surface area contributed by atoms with Crippen molar-refractivity contribution in [3.8, 4) is 5.75 Å². The van der Waals surface area contributed by atoms with Crippen molar-refractivity contribution < 1.29 is 14.5 Å². The highest BCUT2D eigenvalue weighted by Gasteiger charge is 2.31. The second-order valence-corrected chi connectivity index (χ2v) is 3.86. The Balaban J connectivity index is 2.45. The number of carbonyl (C=O) groups excluding carboxylic acids is 1. The van der Waals surface area contributed by atoms with Gasteiger partial charge in [-0.25, -0.2) is 0 Å². The number of nitrogens with one attached hydrogen (secondary N) is 1. The number of hydrogen-bond donors (Lipinski definition) is 1. The van der Waals surface area contributed by atoms with Gasteiger partial charge in [-0.15, -0.1) is 0 Å². The van der Waals surface area contributed by atoms with Crippen molar-refractivity contribution in [1.82, 2.24) is 5.32 Å². The molecule has 6 heteroatoms. The summed E-state index contributed by atoms with van der Waals surface area (Å²) in [5, 5.41) is 13.7. The predicted octanol–water partition coefficient (Wildman–Crippen LogP) is 1.21. The van der Waals surface area contributed by atoms with Crippen LogP contribution in [0.1, 0.15) is 17.9 Å². The highest BCUT2D eigenvalue weighted by atomic mass is 16.6. The summed E-state index contributed by atoms with van der Waals surface area (Å²) >= 11 is 0. The fraction of sp³-hybridized carbons (Fsp3) is 0.364. The van der Waals surface area contributed by atoms with Gasteiger partial charge in [-0.1, -0.05) is 12.1 Å². The number of nitro groups is 1. The molecule has 0 spiro atoms. The average molecular weight is 236 g/mol. The molecule has 1 unspecified atom stereocenters. The first-order chi connectivity index (χ1) is 8.13. The predicted molar refractivity (Wildman–Crippen MR) is 60.0 cm³/mol. The van der Waals surface area contributed by atoms with Gasteiger partial charge in [-0.05, 0) is 6.07 Å². The summed E-state index contributed by atoms with van der Waals surface area (Å²) in [6, 6.07) is 4.92. The van der Waals surface area contributed by atoms with Crippen LogP contribution in [-0.4, -0.2) is 24.5 Å². The van der Waals surface area contributed by atoms with Crippen LogP contribution in [0.2, 0.25) is 0 Å². The molecule has 1 heterocycles. The van der Waals surface area contributed by atoms with Crippen molar-refractivity contribution in [3.63, 3.8) is 0 Å². The Bertz CT molecular complexity index is 473. The number of carbonyl (C=O) groups is 1. The third kappa shape index (κ3) is 2.06. The van der Waals surface area contributed by atoms with Crippen LogP contribution in [0.25, 0.3) is 0 Å². The van der Waals surface area contributed by atoms with Gasteiger partial charge in [0.1, 0.15) is 0 Å². The lowest BCUT2D eigenvalue weighted by molar-refractivity contribution is -0.386. The lowest BCUT2D eigenvalue weighted by Gasteiger charge is -2.10. The van der Waals surface area contributed by atoms with E-state index >= 15 is 0 Å². The normalized spacial score (nSPS) is 18.9. The van der Waals surface area contributed by atoms with Crippen LogP contribution in [0.3, 0.4) is 0 Å².